The van der Waals surface area contributed by atoms with Gasteiger partial charge in [0, 0.05) is 25.6 Å². The van der Waals surface area contributed by atoms with E-state index in [-0.39, 0.29) is 49.5 Å². The molecule has 8 nitrogen and oxygen atoms in total. The van der Waals surface area contributed by atoms with Gasteiger partial charge in [0.15, 0.2) is 0 Å². The zero-order valence-corrected chi connectivity index (χ0v) is 23.9. The van der Waals surface area contributed by atoms with Gasteiger partial charge in [-0.1, -0.05) is 50.5 Å². The van der Waals surface area contributed by atoms with E-state index in [0.717, 1.165) is 41.8 Å². The number of methoxy groups -OCH3 is 1. The summed E-state index contributed by atoms with van der Waals surface area (Å²) in [4.78, 5) is 28.5. The number of hydrogen-bond donors (Lipinski definition) is 1. The number of ether oxygens (including phenoxy) is 1. The van der Waals surface area contributed by atoms with E-state index in [1.807, 2.05) is 19.1 Å². The average Bonchev–Trinajstić information content (AvgIpc) is 2.91. The molecule has 1 aliphatic rings. The molecule has 0 bridgehead atoms. The van der Waals surface area contributed by atoms with E-state index in [2.05, 4.69) is 5.32 Å². The Morgan fingerprint density at radius 3 is 2.33 bits per heavy atom. The molecule has 2 aromatic carbocycles. The standard InChI is InChI=1S/C29H40FN3O5S/c1-4-26(29(35)31-23-11-6-5-7-12-23)32(21-22-16-18-24(38-2)19-17-22)28(34)15-10-20-33(39(3,36)37)27-14-9-8-13-25(27)30/h8-9,13-14,16-19,23,26H,4-7,10-12,15,20-21H2,1-3H3,(H,31,35). The predicted octanol–water partition coefficient (Wildman–Crippen LogP) is 4.64. The van der Waals surface area contributed by atoms with Gasteiger partial charge in [-0.05, 0) is 55.5 Å². The molecule has 10 heteroatoms. The van der Waals surface area contributed by atoms with Crippen molar-refractivity contribution < 1.29 is 27.1 Å². The summed E-state index contributed by atoms with van der Waals surface area (Å²) >= 11 is 0. The fourth-order valence-corrected chi connectivity index (χ4v) is 5.99. The third-order valence-corrected chi connectivity index (χ3v) is 8.30. The van der Waals surface area contributed by atoms with Crippen LogP contribution in [0.1, 0.15) is 63.9 Å². The van der Waals surface area contributed by atoms with Gasteiger partial charge < -0.3 is 15.0 Å². The van der Waals surface area contributed by atoms with Crippen molar-refractivity contribution in [3.8, 4) is 5.75 Å². The molecule has 1 saturated carbocycles. The molecule has 1 N–H and O–H groups in total. The van der Waals surface area contributed by atoms with Crippen LogP contribution >= 0.6 is 0 Å². The summed E-state index contributed by atoms with van der Waals surface area (Å²) < 4.78 is 45.4. The molecule has 0 spiro atoms. The SMILES string of the molecule is CCC(C(=O)NC1CCCCC1)N(Cc1ccc(OC)cc1)C(=O)CCCN(c1ccccc1F)S(C)(=O)=O. The van der Waals surface area contributed by atoms with Crippen molar-refractivity contribution in [2.75, 3.05) is 24.2 Å². The third kappa shape index (κ3) is 8.68. The van der Waals surface area contributed by atoms with Gasteiger partial charge in [0.2, 0.25) is 21.8 Å². The number of anilines is 1. The van der Waals surface area contributed by atoms with Crippen molar-refractivity contribution >= 4 is 27.5 Å². The lowest BCUT2D eigenvalue weighted by molar-refractivity contribution is -0.141. The number of sulfonamides is 1. The van der Waals surface area contributed by atoms with Crippen LogP contribution in [0, 0.1) is 5.82 Å². The Kier molecular flexibility index (Phi) is 11.2. The van der Waals surface area contributed by atoms with Gasteiger partial charge in [-0.25, -0.2) is 12.8 Å². The first kappa shape index (κ1) is 30.4. The number of para-hydroxylation sites is 1. The molecule has 0 heterocycles. The molecule has 2 aromatic rings. The average molecular weight is 562 g/mol. The summed E-state index contributed by atoms with van der Waals surface area (Å²) in [5.41, 5.74) is 0.790. The van der Waals surface area contributed by atoms with Crippen LogP contribution in [-0.4, -0.2) is 57.1 Å². The second-order valence-corrected chi connectivity index (χ2v) is 11.9. The zero-order valence-electron chi connectivity index (χ0n) is 23.1. The molecule has 1 atom stereocenters. The van der Waals surface area contributed by atoms with Gasteiger partial charge in [-0.15, -0.1) is 0 Å². The lowest BCUT2D eigenvalue weighted by atomic mass is 9.95. The highest BCUT2D eigenvalue weighted by Gasteiger charge is 2.30. The Labute approximate surface area is 231 Å². The first-order valence-electron chi connectivity index (χ1n) is 13.6. The summed E-state index contributed by atoms with van der Waals surface area (Å²) in [6.07, 6.45) is 6.82. The van der Waals surface area contributed by atoms with Crippen LogP contribution < -0.4 is 14.4 Å². The number of hydrogen-bond acceptors (Lipinski definition) is 5. The van der Waals surface area contributed by atoms with Gasteiger partial charge in [0.25, 0.3) is 0 Å². The van der Waals surface area contributed by atoms with Gasteiger partial charge >= 0.3 is 0 Å². The maximum Gasteiger partial charge on any atom is 0.243 e. The molecule has 214 valence electrons. The van der Waals surface area contributed by atoms with E-state index >= 15 is 0 Å². The molecular weight excluding hydrogens is 521 g/mol. The highest BCUT2D eigenvalue weighted by atomic mass is 32.2. The van der Waals surface area contributed by atoms with Gasteiger partial charge in [-0.2, -0.15) is 0 Å². The highest BCUT2D eigenvalue weighted by molar-refractivity contribution is 7.92. The Bertz CT molecular complexity index is 1200. The predicted molar refractivity (Wildman–Crippen MR) is 150 cm³/mol. The minimum absolute atomic E-state index is 0.00381. The lowest BCUT2D eigenvalue weighted by Crippen LogP contribution is -2.51. The van der Waals surface area contributed by atoms with Crippen molar-refractivity contribution in [2.24, 2.45) is 0 Å². The largest absolute Gasteiger partial charge is 0.497 e. The Balaban J connectivity index is 1.77. The van der Waals surface area contributed by atoms with E-state index in [9.17, 15) is 22.4 Å². The molecule has 2 amide bonds. The number of halogens is 1. The maximum absolute atomic E-state index is 14.4. The number of carbonyl (C=O) groups is 2. The van der Waals surface area contributed by atoms with Gasteiger partial charge in [0.1, 0.15) is 17.6 Å². The minimum Gasteiger partial charge on any atom is -0.497 e. The van der Waals surface area contributed by atoms with Gasteiger partial charge in [0.05, 0.1) is 19.1 Å². The number of benzene rings is 2. The number of carbonyl (C=O) groups excluding carboxylic acids is 2. The van der Waals surface area contributed by atoms with E-state index in [1.54, 1.807) is 30.2 Å². The van der Waals surface area contributed by atoms with Crippen LogP contribution in [0.15, 0.2) is 48.5 Å². The third-order valence-electron chi connectivity index (χ3n) is 7.12. The van der Waals surface area contributed by atoms with E-state index in [0.29, 0.717) is 12.2 Å². The Morgan fingerprint density at radius 2 is 1.74 bits per heavy atom. The van der Waals surface area contributed by atoms with Crippen LogP contribution in [0.4, 0.5) is 10.1 Å². The Morgan fingerprint density at radius 1 is 1.08 bits per heavy atom. The molecule has 3 rings (SSSR count). The quantitative estimate of drug-likeness (QED) is 0.385. The van der Waals surface area contributed by atoms with E-state index in [4.69, 9.17) is 4.74 Å². The molecular formula is C29H40FN3O5S. The van der Waals surface area contributed by atoms with E-state index < -0.39 is 21.9 Å². The first-order valence-corrected chi connectivity index (χ1v) is 15.4. The second-order valence-electron chi connectivity index (χ2n) is 10.0. The summed E-state index contributed by atoms with van der Waals surface area (Å²) in [6, 6.07) is 12.4. The van der Waals surface area contributed by atoms with Crippen molar-refractivity contribution in [3.05, 3.63) is 59.9 Å². The molecule has 1 aliphatic carbocycles. The van der Waals surface area contributed by atoms with Crippen LogP contribution in [0.2, 0.25) is 0 Å². The molecule has 0 saturated heterocycles. The van der Waals surface area contributed by atoms with Crippen molar-refractivity contribution in [1.29, 1.82) is 0 Å². The molecule has 1 fully saturated rings. The minimum atomic E-state index is -3.77. The van der Waals surface area contributed by atoms with Crippen LogP contribution in [-0.2, 0) is 26.2 Å². The number of rotatable bonds is 13. The fourth-order valence-electron chi connectivity index (χ4n) is 5.03. The Hall–Kier alpha value is -3.14. The molecule has 0 aromatic heterocycles. The molecule has 0 aliphatic heterocycles. The lowest BCUT2D eigenvalue weighted by Gasteiger charge is -2.33. The summed E-state index contributed by atoms with van der Waals surface area (Å²) in [5, 5.41) is 3.15. The molecule has 1 unspecified atom stereocenters. The molecule has 39 heavy (non-hydrogen) atoms. The smallest absolute Gasteiger partial charge is 0.243 e. The molecule has 0 radical (unpaired) electrons. The summed E-state index contributed by atoms with van der Waals surface area (Å²) in [5.74, 6) is -0.401. The number of amides is 2. The number of nitrogens with one attached hydrogen (secondary N) is 1. The summed E-state index contributed by atoms with van der Waals surface area (Å²) in [6.45, 7) is 2.04. The number of nitrogens with zero attached hydrogens (tertiary/aromatic N) is 2. The van der Waals surface area contributed by atoms with Crippen molar-refractivity contribution in [2.45, 2.75) is 76.9 Å². The fraction of sp³-hybridized carbons (Fsp3) is 0.517. The maximum atomic E-state index is 14.4. The van der Waals surface area contributed by atoms with Crippen LogP contribution in [0.5, 0.6) is 5.75 Å². The van der Waals surface area contributed by atoms with Crippen LogP contribution in [0.3, 0.4) is 0 Å². The first-order chi connectivity index (χ1) is 18.6. The summed E-state index contributed by atoms with van der Waals surface area (Å²) in [7, 11) is -2.19. The van der Waals surface area contributed by atoms with Crippen LogP contribution in [0.25, 0.3) is 0 Å². The van der Waals surface area contributed by atoms with Gasteiger partial charge in [-0.3, -0.25) is 13.9 Å². The zero-order chi connectivity index (χ0) is 28.4. The second kappa shape index (κ2) is 14.3. The highest BCUT2D eigenvalue weighted by Crippen LogP contribution is 2.23. The monoisotopic (exact) mass is 561 g/mol. The normalized spacial score (nSPS) is 14.9. The van der Waals surface area contributed by atoms with Crippen molar-refractivity contribution in [1.82, 2.24) is 10.2 Å². The van der Waals surface area contributed by atoms with E-state index in [1.165, 1.54) is 24.6 Å². The van der Waals surface area contributed by atoms with Crippen molar-refractivity contribution in [3.63, 3.8) is 0 Å². The topological polar surface area (TPSA) is 96.0 Å².